The number of rotatable bonds is 2. The van der Waals surface area contributed by atoms with Crippen molar-refractivity contribution in [2.75, 3.05) is 18.0 Å². The van der Waals surface area contributed by atoms with E-state index in [0.29, 0.717) is 13.0 Å². The summed E-state index contributed by atoms with van der Waals surface area (Å²) >= 11 is 0. The second-order valence-corrected chi connectivity index (χ2v) is 7.04. The fourth-order valence-electron chi connectivity index (χ4n) is 3.85. The number of hydrogen-bond acceptors (Lipinski definition) is 3. The van der Waals surface area contributed by atoms with Gasteiger partial charge in [-0.1, -0.05) is 36.4 Å². The van der Waals surface area contributed by atoms with Gasteiger partial charge >= 0.3 is 0 Å². The molecule has 2 aliphatic heterocycles. The van der Waals surface area contributed by atoms with Crippen LogP contribution in [0.3, 0.4) is 0 Å². The maximum atomic E-state index is 12.9. The molecule has 1 fully saturated rings. The molecule has 4 rings (SSSR count). The Kier molecular flexibility index (Phi) is 4.15. The first-order valence-electron chi connectivity index (χ1n) is 8.95. The van der Waals surface area contributed by atoms with Gasteiger partial charge in [0.05, 0.1) is 6.04 Å². The van der Waals surface area contributed by atoms with Crippen molar-refractivity contribution in [1.29, 1.82) is 0 Å². The van der Waals surface area contributed by atoms with Crippen LogP contribution >= 0.6 is 0 Å². The van der Waals surface area contributed by atoms with Gasteiger partial charge in [-0.05, 0) is 37.1 Å². The highest BCUT2D eigenvalue weighted by Gasteiger charge is 2.38. The Morgan fingerprint density at radius 3 is 2.58 bits per heavy atom. The Labute approximate surface area is 153 Å². The summed E-state index contributed by atoms with van der Waals surface area (Å²) < 4.78 is 5.81. The minimum atomic E-state index is -0.530. The number of aryl methyl sites for hydroxylation is 1. The van der Waals surface area contributed by atoms with Gasteiger partial charge in [-0.15, -0.1) is 0 Å². The Hall–Kier alpha value is -2.82. The molecule has 2 aromatic rings. The summed E-state index contributed by atoms with van der Waals surface area (Å²) in [6.45, 7) is 4.58. The maximum absolute atomic E-state index is 12.9. The lowest BCUT2D eigenvalue weighted by atomic mass is 10.1. The second-order valence-electron chi connectivity index (χ2n) is 7.04. The van der Waals surface area contributed by atoms with E-state index in [4.69, 9.17) is 4.74 Å². The first-order chi connectivity index (χ1) is 12.5. The largest absolute Gasteiger partial charge is 0.480 e. The summed E-state index contributed by atoms with van der Waals surface area (Å²) in [6, 6.07) is 15.5. The molecule has 0 spiro atoms. The molecule has 0 N–H and O–H groups in total. The minimum absolute atomic E-state index is 0.0538. The number of carbonyl (C=O) groups is 2. The monoisotopic (exact) mass is 350 g/mol. The van der Waals surface area contributed by atoms with Crippen molar-refractivity contribution in [3.8, 4) is 5.75 Å². The van der Waals surface area contributed by atoms with Crippen molar-refractivity contribution < 1.29 is 14.3 Å². The van der Waals surface area contributed by atoms with Crippen LogP contribution in [0.2, 0.25) is 0 Å². The van der Waals surface area contributed by atoms with Crippen molar-refractivity contribution in [3.63, 3.8) is 0 Å². The van der Waals surface area contributed by atoms with Crippen molar-refractivity contribution in [2.24, 2.45) is 0 Å². The number of piperazine rings is 1. The molecule has 0 saturated carbocycles. The topological polar surface area (TPSA) is 49.9 Å². The number of benzene rings is 2. The van der Waals surface area contributed by atoms with Crippen LogP contribution in [0, 0.1) is 6.92 Å². The molecule has 2 atom stereocenters. The lowest BCUT2D eigenvalue weighted by Crippen LogP contribution is -2.59. The summed E-state index contributed by atoms with van der Waals surface area (Å²) in [5.41, 5.74) is 3.02. The minimum Gasteiger partial charge on any atom is -0.480 e. The van der Waals surface area contributed by atoms with Crippen molar-refractivity contribution in [2.45, 2.75) is 32.4 Å². The standard InChI is InChI=1S/C21H22N2O3/c1-14-7-3-5-9-17(14)23-15(2)12-22(13-20(23)24)21(25)19-11-16-8-4-6-10-18(16)26-19/h3-10,15,19H,11-13H2,1-2H3/t15-,19-/m0/s1. The normalized spacial score (nSPS) is 22.2. The van der Waals surface area contributed by atoms with E-state index in [1.807, 2.05) is 67.3 Å². The highest BCUT2D eigenvalue weighted by atomic mass is 16.5. The fraction of sp³-hybridized carbons (Fsp3) is 0.333. The quantitative estimate of drug-likeness (QED) is 0.836. The zero-order valence-corrected chi connectivity index (χ0v) is 15.0. The van der Waals surface area contributed by atoms with E-state index in [-0.39, 0.29) is 24.4 Å². The molecule has 134 valence electrons. The van der Waals surface area contributed by atoms with E-state index in [9.17, 15) is 9.59 Å². The Balaban J connectivity index is 1.49. The maximum Gasteiger partial charge on any atom is 0.264 e. The van der Waals surface area contributed by atoms with E-state index < -0.39 is 6.10 Å². The molecule has 0 bridgehead atoms. The van der Waals surface area contributed by atoms with Gasteiger partial charge in [-0.3, -0.25) is 9.59 Å². The number of hydrogen-bond donors (Lipinski definition) is 0. The molecule has 0 unspecified atom stereocenters. The predicted molar refractivity (Wildman–Crippen MR) is 99.3 cm³/mol. The molecule has 2 aromatic carbocycles. The van der Waals surface area contributed by atoms with Gasteiger partial charge in [-0.25, -0.2) is 0 Å². The molecular formula is C21H22N2O3. The summed E-state index contributed by atoms with van der Waals surface area (Å²) in [5, 5.41) is 0. The predicted octanol–water partition coefficient (Wildman–Crippen LogP) is 2.56. The van der Waals surface area contributed by atoms with Crippen LogP contribution in [0.5, 0.6) is 5.75 Å². The molecule has 5 nitrogen and oxygen atoms in total. The van der Waals surface area contributed by atoms with E-state index in [1.165, 1.54) is 0 Å². The summed E-state index contributed by atoms with van der Waals surface area (Å²) in [4.78, 5) is 29.1. The van der Waals surface area contributed by atoms with E-state index in [2.05, 4.69) is 0 Å². The van der Waals surface area contributed by atoms with Gasteiger partial charge in [0.15, 0.2) is 6.10 Å². The average molecular weight is 350 g/mol. The van der Waals surface area contributed by atoms with Gasteiger partial charge in [-0.2, -0.15) is 0 Å². The Bertz CT molecular complexity index is 839. The van der Waals surface area contributed by atoms with Crippen LogP contribution in [-0.2, 0) is 16.0 Å². The van der Waals surface area contributed by atoms with Crippen LogP contribution < -0.4 is 9.64 Å². The highest BCUT2D eigenvalue weighted by molar-refractivity contribution is 5.99. The zero-order chi connectivity index (χ0) is 18.3. The van der Waals surface area contributed by atoms with Crippen molar-refractivity contribution in [1.82, 2.24) is 4.90 Å². The number of ether oxygens (including phenoxy) is 1. The zero-order valence-electron chi connectivity index (χ0n) is 15.0. The van der Waals surface area contributed by atoms with E-state index in [1.54, 1.807) is 4.90 Å². The molecule has 2 amide bonds. The average Bonchev–Trinajstić information content (AvgIpc) is 3.06. The molecule has 26 heavy (non-hydrogen) atoms. The Morgan fingerprint density at radius 2 is 1.85 bits per heavy atom. The summed E-state index contributed by atoms with van der Waals surface area (Å²) in [7, 11) is 0. The van der Waals surface area contributed by atoms with Crippen LogP contribution in [-0.4, -0.2) is 41.9 Å². The Morgan fingerprint density at radius 1 is 1.12 bits per heavy atom. The van der Waals surface area contributed by atoms with Crippen LogP contribution in [0.15, 0.2) is 48.5 Å². The van der Waals surface area contributed by atoms with Crippen molar-refractivity contribution in [3.05, 3.63) is 59.7 Å². The number of carbonyl (C=O) groups excluding carboxylic acids is 2. The lowest BCUT2D eigenvalue weighted by Gasteiger charge is -2.40. The number of fused-ring (bicyclic) bond motifs is 1. The first-order valence-corrected chi connectivity index (χ1v) is 8.95. The van der Waals surface area contributed by atoms with E-state index >= 15 is 0 Å². The van der Waals surface area contributed by atoms with Crippen LogP contribution in [0.1, 0.15) is 18.1 Å². The molecule has 2 aliphatic rings. The number of para-hydroxylation sites is 2. The third-order valence-corrected chi connectivity index (χ3v) is 5.13. The lowest BCUT2D eigenvalue weighted by molar-refractivity contribution is -0.143. The van der Waals surface area contributed by atoms with Gasteiger partial charge in [0.25, 0.3) is 5.91 Å². The summed E-state index contributed by atoms with van der Waals surface area (Å²) in [6.07, 6.45) is 0.0349. The smallest absolute Gasteiger partial charge is 0.264 e. The van der Waals surface area contributed by atoms with Crippen LogP contribution in [0.25, 0.3) is 0 Å². The molecule has 5 heteroatoms. The van der Waals surface area contributed by atoms with E-state index in [0.717, 1.165) is 22.6 Å². The molecular weight excluding hydrogens is 328 g/mol. The third kappa shape index (κ3) is 2.83. The molecule has 0 radical (unpaired) electrons. The number of amides is 2. The number of nitrogens with zero attached hydrogens (tertiary/aromatic N) is 2. The molecule has 1 saturated heterocycles. The first kappa shape index (κ1) is 16.6. The van der Waals surface area contributed by atoms with Crippen molar-refractivity contribution >= 4 is 17.5 Å². The third-order valence-electron chi connectivity index (χ3n) is 5.13. The molecule has 0 aromatic heterocycles. The van der Waals surface area contributed by atoms with Gasteiger partial charge in [0, 0.05) is 18.7 Å². The second kappa shape index (κ2) is 6.48. The van der Waals surface area contributed by atoms with Gasteiger partial charge in [0.1, 0.15) is 12.3 Å². The highest BCUT2D eigenvalue weighted by Crippen LogP contribution is 2.30. The van der Waals surface area contributed by atoms with Gasteiger partial charge < -0.3 is 14.5 Å². The molecule has 2 heterocycles. The number of anilines is 1. The van der Waals surface area contributed by atoms with Crippen LogP contribution in [0.4, 0.5) is 5.69 Å². The summed E-state index contributed by atoms with van der Waals surface area (Å²) in [5.74, 6) is 0.608. The fourth-order valence-corrected chi connectivity index (χ4v) is 3.85. The van der Waals surface area contributed by atoms with Gasteiger partial charge in [0.2, 0.25) is 5.91 Å². The molecule has 0 aliphatic carbocycles. The SMILES string of the molecule is Cc1ccccc1N1C(=O)CN(C(=O)[C@@H]2Cc3ccccc3O2)C[C@@H]1C.